The van der Waals surface area contributed by atoms with Crippen LogP contribution in [0.3, 0.4) is 0 Å². The first kappa shape index (κ1) is 23.5. The van der Waals surface area contributed by atoms with Crippen LogP contribution in [0.2, 0.25) is 0 Å². The van der Waals surface area contributed by atoms with E-state index in [1.54, 1.807) is 10.8 Å². The minimum Gasteiger partial charge on any atom is -0.301 e. The van der Waals surface area contributed by atoms with Crippen molar-refractivity contribution in [3.8, 4) is 5.82 Å². The molecule has 0 spiro atoms. The van der Waals surface area contributed by atoms with Crippen molar-refractivity contribution in [3.63, 3.8) is 0 Å². The van der Waals surface area contributed by atoms with E-state index in [0.717, 1.165) is 40.8 Å². The van der Waals surface area contributed by atoms with Crippen molar-refractivity contribution in [1.82, 2.24) is 24.4 Å². The molecule has 0 aliphatic carbocycles. The second-order valence-corrected chi connectivity index (χ2v) is 9.30. The van der Waals surface area contributed by atoms with Crippen molar-refractivity contribution in [1.29, 1.82) is 0 Å². The smallest absolute Gasteiger partial charge is 0.257 e. The topological polar surface area (TPSA) is 98.0 Å². The lowest BCUT2D eigenvalue weighted by Gasteiger charge is -2.15. The summed E-state index contributed by atoms with van der Waals surface area (Å²) in [4.78, 5) is 12.4. The van der Waals surface area contributed by atoms with Gasteiger partial charge in [0.1, 0.15) is 11.2 Å². The van der Waals surface area contributed by atoms with Gasteiger partial charge in [-0.1, -0.05) is 37.6 Å². The van der Waals surface area contributed by atoms with Crippen molar-refractivity contribution >= 4 is 32.9 Å². The molecule has 1 unspecified atom stereocenters. The van der Waals surface area contributed by atoms with Gasteiger partial charge in [0.2, 0.25) is 0 Å². The molecule has 0 fully saturated rings. The lowest BCUT2D eigenvalue weighted by Crippen LogP contribution is -2.44. The van der Waals surface area contributed by atoms with E-state index in [0.29, 0.717) is 6.54 Å². The molecule has 2 aromatic heterocycles. The molecule has 1 amide bonds. The highest BCUT2D eigenvalue weighted by molar-refractivity contribution is 7.90. The van der Waals surface area contributed by atoms with Gasteiger partial charge in [-0.2, -0.15) is 5.10 Å². The summed E-state index contributed by atoms with van der Waals surface area (Å²) in [5.41, 5.74) is 2.45. The van der Waals surface area contributed by atoms with E-state index in [4.69, 9.17) is 0 Å². The molecule has 32 heavy (non-hydrogen) atoms. The first-order valence-electron chi connectivity index (χ1n) is 10.5. The Kier molecular flexibility index (Phi) is 7.32. The zero-order valence-corrected chi connectivity index (χ0v) is 19.4. The van der Waals surface area contributed by atoms with Gasteiger partial charge in [-0.25, -0.2) is 13.1 Å². The van der Waals surface area contributed by atoms with E-state index in [-0.39, 0.29) is 0 Å². The highest BCUT2D eigenvalue weighted by Crippen LogP contribution is 2.25. The summed E-state index contributed by atoms with van der Waals surface area (Å²) in [6.45, 7) is 7.93. The van der Waals surface area contributed by atoms with E-state index in [9.17, 15) is 13.2 Å². The van der Waals surface area contributed by atoms with Gasteiger partial charge in [0, 0.05) is 24.9 Å². The monoisotopic (exact) mass is 455 g/mol. The summed E-state index contributed by atoms with van der Waals surface area (Å²) in [5, 5.41) is 7.40. The Labute approximate surface area is 188 Å². The summed E-state index contributed by atoms with van der Waals surface area (Å²) in [5.74, 6) is 0.0431. The number of amides is 1. The molecule has 3 rings (SSSR count). The maximum Gasteiger partial charge on any atom is 0.257 e. The number of aromatic nitrogens is 3. The number of hydrogen-bond donors (Lipinski definition) is 2. The largest absolute Gasteiger partial charge is 0.301 e. The lowest BCUT2D eigenvalue weighted by molar-refractivity contribution is -0.114. The summed E-state index contributed by atoms with van der Waals surface area (Å²) in [6, 6.07) is 9.96. The number of fused-ring (bicyclic) bond motifs is 1. The predicted octanol–water partition coefficient (Wildman–Crippen LogP) is 3.03. The number of carbonyl (C=O) groups excluding carboxylic acids is 1. The number of nitrogens with one attached hydrogen (secondary N) is 2. The third-order valence-electron chi connectivity index (χ3n) is 5.13. The second-order valence-electron chi connectivity index (χ2n) is 7.50. The van der Waals surface area contributed by atoms with Gasteiger partial charge in [-0.15, -0.1) is 6.58 Å². The molecule has 2 N–H and O–H groups in total. The average Bonchev–Trinajstić information content (AvgIpc) is 3.28. The Hall–Kier alpha value is -3.17. The van der Waals surface area contributed by atoms with Crippen LogP contribution in [-0.2, 0) is 21.9 Å². The molecular formula is C23H29N5O3S. The molecule has 9 heteroatoms. The number of hydrogen-bond acceptors (Lipinski definition) is 5. The van der Waals surface area contributed by atoms with Crippen molar-refractivity contribution in [2.75, 3.05) is 6.54 Å². The van der Waals surface area contributed by atoms with Crippen LogP contribution < -0.4 is 10.0 Å². The molecule has 0 aliphatic heterocycles. The summed E-state index contributed by atoms with van der Waals surface area (Å²) in [6.07, 6.45) is 7.77. The molecule has 8 nitrogen and oxygen atoms in total. The third kappa shape index (κ3) is 5.00. The average molecular weight is 456 g/mol. The number of nitrogens with zero attached hydrogens (tertiary/aromatic N) is 3. The summed E-state index contributed by atoms with van der Waals surface area (Å²) in [7, 11) is -2.12. The number of unbranched alkanes of at least 4 members (excludes halogenated alkanes) is 1. The van der Waals surface area contributed by atoms with E-state index < -0.39 is 21.3 Å². The van der Waals surface area contributed by atoms with E-state index in [1.807, 2.05) is 62.0 Å². The maximum absolute atomic E-state index is 12.5. The predicted molar refractivity (Wildman–Crippen MR) is 128 cm³/mol. The molecule has 0 bridgehead atoms. The molecule has 0 saturated carbocycles. The van der Waals surface area contributed by atoms with Crippen molar-refractivity contribution in [2.24, 2.45) is 7.05 Å². The highest BCUT2D eigenvalue weighted by Gasteiger charge is 2.23. The van der Waals surface area contributed by atoms with Crippen molar-refractivity contribution in [2.45, 2.75) is 32.1 Å². The zero-order chi connectivity index (χ0) is 23.3. The van der Waals surface area contributed by atoms with Crippen LogP contribution in [-0.4, -0.2) is 40.6 Å². The van der Waals surface area contributed by atoms with Gasteiger partial charge in [0.15, 0.2) is 0 Å². The van der Waals surface area contributed by atoms with Crippen LogP contribution in [0.1, 0.15) is 31.0 Å². The number of para-hydroxylation sites is 1. The van der Waals surface area contributed by atoms with Crippen molar-refractivity contribution < 1.29 is 13.2 Å². The number of carbonyl (C=O) groups is 1. The van der Waals surface area contributed by atoms with Gasteiger partial charge in [0.25, 0.3) is 15.9 Å². The molecule has 0 radical (unpaired) electrons. The van der Waals surface area contributed by atoms with Gasteiger partial charge in [-0.05, 0) is 43.5 Å². The third-order valence-corrected chi connectivity index (χ3v) is 6.65. The van der Waals surface area contributed by atoms with Crippen LogP contribution in [0, 0.1) is 6.92 Å². The minimum atomic E-state index is -3.95. The fraction of sp³-hybridized carbons (Fsp3) is 0.304. The molecule has 1 atom stereocenters. The van der Waals surface area contributed by atoms with Gasteiger partial charge < -0.3 is 4.57 Å². The number of aryl methyl sites for hydroxylation is 2. The van der Waals surface area contributed by atoms with Crippen LogP contribution in [0.5, 0.6) is 0 Å². The molecule has 1 aromatic carbocycles. The normalized spacial score (nSPS) is 13.0. The van der Waals surface area contributed by atoms with Gasteiger partial charge >= 0.3 is 0 Å². The molecule has 0 aliphatic rings. The van der Waals surface area contributed by atoms with Crippen LogP contribution >= 0.6 is 0 Å². The molecular weight excluding hydrogens is 426 g/mol. The van der Waals surface area contributed by atoms with E-state index in [1.165, 1.54) is 12.2 Å². The zero-order valence-electron chi connectivity index (χ0n) is 18.6. The van der Waals surface area contributed by atoms with E-state index in [2.05, 4.69) is 21.7 Å². The Morgan fingerprint density at radius 2 is 2.03 bits per heavy atom. The number of sulfonamides is 1. The fourth-order valence-corrected chi connectivity index (χ4v) is 4.61. The summed E-state index contributed by atoms with van der Waals surface area (Å²) < 4.78 is 30.9. The minimum absolute atomic E-state index is 0.515. The Morgan fingerprint density at radius 3 is 2.75 bits per heavy atom. The number of benzene rings is 1. The molecule has 3 aromatic rings. The second kappa shape index (κ2) is 9.97. The van der Waals surface area contributed by atoms with Crippen LogP contribution in [0.4, 0.5) is 0 Å². The maximum atomic E-state index is 12.5. The Balaban J connectivity index is 1.84. The highest BCUT2D eigenvalue weighted by atomic mass is 32.2. The molecule has 170 valence electrons. The first-order chi connectivity index (χ1) is 15.3. The Bertz CT molecular complexity index is 1250. The summed E-state index contributed by atoms with van der Waals surface area (Å²) >= 11 is 0. The SMILES string of the molecule is C=CC(NCCCC)S(=O)(=O)NC(=O)/C=C/c1c(C)nn(C)c1-n1ccc2ccccc21. The van der Waals surface area contributed by atoms with Gasteiger partial charge in [0.05, 0.1) is 11.2 Å². The van der Waals surface area contributed by atoms with Crippen LogP contribution in [0.25, 0.3) is 22.8 Å². The molecule has 2 heterocycles. The first-order valence-corrected chi connectivity index (χ1v) is 12.0. The standard InChI is InChI=1S/C23H29N5O3S/c1-5-7-15-24-22(6-2)32(30,31)26-21(29)13-12-19-17(3)25-27(4)23(19)28-16-14-18-10-8-9-11-20(18)28/h6,8-14,16,22,24H,2,5,7,15H2,1,3-4H3,(H,26,29)/b13-12+. The lowest BCUT2D eigenvalue weighted by atomic mass is 10.2. The number of rotatable bonds is 10. The van der Waals surface area contributed by atoms with Gasteiger partial charge in [-0.3, -0.25) is 14.8 Å². The van der Waals surface area contributed by atoms with Crippen molar-refractivity contribution in [3.05, 3.63) is 66.5 Å². The quantitative estimate of drug-likeness (QED) is 0.278. The fourth-order valence-electron chi connectivity index (χ4n) is 3.55. The Morgan fingerprint density at radius 1 is 1.28 bits per heavy atom. The van der Waals surface area contributed by atoms with Crippen LogP contribution in [0.15, 0.2) is 55.3 Å². The molecule has 0 saturated heterocycles. The van der Waals surface area contributed by atoms with E-state index >= 15 is 0 Å².